The molecule has 1 fully saturated rings. The van der Waals surface area contributed by atoms with E-state index in [4.69, 9.17) is 20.4 Å². The van der Waals surface area contributed by atoms with Crippen LogP contribution in [0.3, 0.4) is 0 Å². The molecule has 4 aromatic rings. The lowest BCUT2D eigenvalue weighted by Crippen LogP contribution is -2.35. The van der Waals surface area contributed by atoms with Crippen LogP contribution in [0, 0.1) is 11.2 Å². The summed E-state index contributed by atoms with van der Waals surface area (Å²) in [5.41, 5.74) is 7.40. The molecule has 0 radical (unpaired) electrons. The van der Waals surface area contributed by atoms with Gasteiger partial charge in [0.2, 0.25) is 11.7 Å². The fourth-order valence-corrected chi connectivity index (χ4v) is 4.40. The number of hydrogen-bond donors (Lipinski definition) is 2. The van der Waals surface area contributed by atoms with Crippen molar-refractivity contribution in [3.05, 3.63) is 89.6 Å². The highest BCUT2D eigenvalue weighted by atomic mass is 35.5. The van der Waals surface area contributed by atoms with E-state index in [1.807, 2.05) is 0 Å². The molecule has 0 bridgehead atoms. The summed E-state index contributed by atoms with van der Waals surface area (Å²) in [5.74, 6) is 0.682. The van der Waals surface area contributed by atoms with Crippen molar-refractivity contribution in [1.82, 2.24) is 15.0 Å². The van der Waals surface area contributed by atoms with Crippen molar-refractivity contribution in [3.8, 4) is 28.3 Å². The Morgan fingerprint density at radius 3 is 2.41 bits per heavy atom. The van der Waals surface area contributed by atoms with Crippen LogP contribution >= 0.6 is 12.4 Å². The standard InChI is InChI=1S/C27H23F4N5O2.ClH/c28-20-10-5-17(6-11-20)21-14-18(24-34-25(38-35-24)22-2-1-13-36(22)26(32)33)7-12-23(21)37-15-16-3-8-19(9-4-16)27(29,30)31;/h3-12,14,22H,1-2,13,15H2,(H3,32,33);1H/t22-;/m0./s1. The molecule has 2 heterocycles. The first-order chi connectivity index (χ1) is 18.2. The third-order valence-corrected chi connectivity index (χ3v) is 6.36. The van der Waals surface area contributed by atoms with Crippen molar-refractivity contribution in [3.63, 3.8) is 0 Å². The molecule has 12 heteroatoms. The van der Waals surface area contributed by atoms with E-state index in [1.165, 1.54) is 24.3 Å². The van der Waals surface area contributed by atoms with Gasteiger partial charge in [0.15, 0.2) is 5.96 Å². The molecule has 1 aliphatic rings. The van der Waals surface area contributed by atoms with E-state index in [0.29, 0.717) is 46.3 Å². The largest absolute Gasteiger partial charge is 0.488 e. The SMILES string of the molecule is Cl.N=C(N)N1CCC[C@H]1c1nc(-c2ccc(OCc3ccc(C(F)(F)F)cc3)c(-c3ccc(F)cc3)c2)no1. The number of likely N-dealkylation sites (tertiary alicyclic amines) is 1. The van der Waals surface area contributed by atoms with Gasteiger partial charge < -0.3 is 19.9 Å². The van der Waals surface area contributed by atoms with Crippen molar-refractivity contribution in [2.45, 2.75) is 31.7 Å². The maximum absolute atomic E-state index is 13.6. The van der Waals surface area contributed by atoms with E-state index in [2.05, 4.69) is 10.1 Å². The van der Waals surface area contributed by atoms with Gasteiger partial charge in [0, 0.05) is 17.7 Å². The summed E-state index contributed by atoms with van der Waals surface area (Å²) >= 11 is 0. The number of halogens is 5. The molecule has 7 nitrogen and oxygen atoms in total. The van der Waals surface area contributed by atoms with Crippen LogP contribution in [0.2, 0.25) is 0 Å². The molecule has 1 saturated heterocycles. The average Bonchev–Trinajstić information content (AvgIpc) is 3.58. The third-order valence-electron chi connectivity index (χ3n) is 6.36. The van der Waals surface area contributed by atoms with Crippen molar-refractivity contribution < 1.29 is 26.8 Å². The molecule has 3 aromatic carbocycles. The first kappa shape index (κ1) is 27.9. The number of hydrogen-bond acceptors (Lipinski definition) is 5. The van der Waals surface area contributed by atoms with E-state index < -0.39 is 17.6 Å². The molecule has 0 unspecified atom stereocenters. The molecule has 0 aliphatic carbocycles. The lowest BCUT2D eigenvalue weighted by molar-refractivity contribution is -0.137. The van der Waals surface area contributed by atoms with Gasteiger partial charge in [-0.15, -0.1) is 12.4 Å². The fourth-order valence-electron chi connectivity index (χ4n) is 4.40. The minimum Gasteiger partial charge on any atom is -0.488 e. The summed E-state index contributed by atoms with van der Waals surface area (Å²) in [6.45, 7) is 0.665. The summed E-state index contributed by atoms with van der Waals surface area (Å²) in [6, 6.07) is 15.5. The van der Waals surface area contributed by atoms with Crippen LogP contribution in [0.4, 0.5) is 17.6 Å². The zero-order chi connectivity index (χ0) is 26.9. The second kappa shape index (κ2) is 11.3. The van der Waals surface area contributed by atoms with Gasteiger partial charge in [-0.3, -0.25) is 5.41 Å². The van der Waals surface area contributed by atoms with E-state index in [0.717, 1.165) is 25.0 Å². The molecule has 0 saturated carbocycles. The number of nitrogens with two attached hydrogens (primary N) is 1. The van der Waals surface area contributed by atoms with Gasteiger partial charge in [-0.05, 0) is 66.4 Å². The van der Waals surface area contributed by atoms with Crippen molar-refractivity contribution in [2.75, 3.05) is 6.54 Å². The van der Waals surface area contributed by atoms with Gasteiger partial charge in [-0.25, -0.2) is 4.39 Å². The number of rotatable bonds is 6. The number of nitrogens with one attached hydrogen (secondary N) is 1. The van der Waals surface area contributed by atoms with Crippen LogP contribution in [-0.2, 0) is 12.8 Å². The Balaban J connectivity index is 0.00000353. The van der Waals surface area contributed by atoms with Crippen LogP contribution in [0.1, 0.15) is 35.9 Å². The smallest absolute Gasteiger partial charge is 0.416 e. The summed E-state index contributed by atoms with van der Waals surface area (Å²) in [4.78, 5) is 6.24. The summed E-state index contributed by atoms with van der Waals surface area (Å²) in [6.07, 6.45) is -2.83. The number of ether oxygens (including phenoxy) is 1. The Bertz CT molecular complexity index is 1440. The molecule has 3 N–H and O–H groups in total. The van der Waals surface area contributed by atoms with Crippen LogP contribution in [0.25, 0.3) is 22.5 Å². The summed E-state index contributed by atoms with van der Waals surface area (Å²) < 4.78 is 63.7. The lowest BCUT2D eigenvalue weighted by Gasteiger charge is -2.21. The predicted octanol–water partition coefficient (Wildman–Crippen LogP) is 6.59. The van der Waals surface area contributed by atoms with E-state index >= 15 is 0 Å². The van der Waals surface area contributed by atoms with Crippen LogP contribution in [0.5, 0.6) is 5.75 Å². The molecule has 0 spiro atoms. The molecular weight excluding hydrogens is 538 g/mol. The Labute approximate surface area is 227 Å². The minimum atomic E-state index is -4.41. The molecule has 1 aromatic heterocycles. The Kier molecular flexibility index (Phi) is 8.10. The summed E-state index contributed by atoms with van der Waals surface area (Å²) in [5, 5.41) is 11.9. The van der Waals surface area contributed by atoms with Crippen LogP contribution in [-0.4, -0.2) is 27.5 Å². The highest BCUT2D eigenvalue weighted by Crippen LogP contribution is 2.36. The van der Waals surface area contributed by atoms with Crippen molar-refractivity contribution >= 4 is 18.4 Å². The normalized spacial score (nSPS) is 15.2. The quantitative estimate of drug-likeness (QED) is 0.156. The Hall–Kier alpha value is -4.12. The fraction of sp³-hybridized carbons (Fsp3) is 0.222. The zero-order valence-corrected chi connectivity index (χ0v) is 21.2. The lowest BCUT2D eigenvalue weighted by atomic mass is 10.0. The van der Waals surface area contributed by atoms with Gasteiger partial charge >= 0.3 is 6.18 Å². The molecule has 1 atom stereocenters. The third kappa shape index (κ3) is 6.14. The maximum Gasteiger partial charge on any atom is 0.416 e. The molecular formula is C27H24ClF4N5O2. The Morgan fingerprint density at radius 2 is 1.74 bits per heavy atom. The minimum absolute atomic E-state index is 0. The number of alkyl halides is 3. The van der Waals surface area contributed by atoms with Crippen molar-refractivity contribution in [2.24, 2.45) is 5.73 Å². The van der Waals surface area contributed by atoms with Crippen LogP contribution < -0.4 is 10.5 Å². The molecule has 5 rings (SSSR count). The van der Waals surface area contributed by atoms with Gasteiger partial charge in [0.1, 0.15) is 24.2 Å². The zero-order valence-electron chi connectivity index (χ0n) is 20.4. The second-order valence-electron chi connectivity index (χ2n) is 8.89. The predicted molar refractivity (Wildman–Crippen MR) is 139 cm³/mol. The first-order valence-corrected chi connectivity index (χ1v) is 11.8. The monoisotopic (exact) mass is 561 g/mol. The number of benzene rings is 3. The number of aromatic nitrogens is 2. The van der Waals surface area contributed by atoms with E-state index in [-0.39, 0.29) is 31.0 Å². The van der Waals surface area contributed by atoms with Crippen LogP contribution in [0.15, 0.2) is 71.3 Å². The molecule has 39 heavy (non-hydrogen) atoms. The van der Waals surface area contributed by atoms with Gasteiger partial charge in [-0.1, -0.05) is 29.4 Å². The number of guanidine groups is 1. The van der Waals surface area contributed by atoms with Gasteiger partial charge in [0.25, 0.3) is 0 Å². The van der Waals surface area contributed by atoms with E-state index in [1.54, 1.807) is 35.2 Å². The highest BCUT2D eigenvalue weighted by Gasteiger charge is 2.32. The molecule has 204 valence electrons. The number of nitrogens with zero attached hydrogens (tertiary/aromatic N) is 3. The molecule has 1 aliphatic heterocycles. The van der Waals surface area contributed by atoms with E-state index in [9.17, 15) is 17.6 Å². The second-order valence-corrected chi connectivity index (χ2v) is 8.89. The maximum atomic E-state index is 13.6. The molecule has 0 amide bonds. The topological polar surface area (TPSA) is 101 Å². The Morgan fingerprint density at radius 1 is 1.05 bits per heavy atom. The highest BCUT2D eigenvalue weighted by molar-refractivity contribution is 5.85. The summed E-state index contributed by atoms with van der Waals surface area (Å²) in [7, 11) is 0. The first-order valence-electron chi connectivity index (χ1n) is 11.8. The average molecular weight is 562 g/mol. The van der Waals surface area contributed by atoms with Gasteiger partial charge in [0.05, 0.1) is 5.56 Å². The van der Waals surface area contributed by atoms with Crippen molar-refractivity contribution in [1.29, 1.82) is 5.41 Å². The van der Waals surface area contributed by atoms with Gasteiger partial charge in [-0.2, -0.15) is 18.2 Å².